The van der Waals surface area contributed by atoms with E-state index >= 15 is 0 Å². The summed E-state index contributed by atoms with van der Waals surface area (Å²) in [5, 5.41) is 9.68. The van der Waals surface area contributed by atoms with E-state index in [-0.39, 0.29) is 5.56 Å². The molecule has 102 valence electrons. The zero-order valence-electron chi connectivity index (χ0n) is 11.0. The van der Waals surface area contributed by atoms with Crippen LogP contribution in [0.1, 0.15) is 34.3 Å². The van der Waals surface area contributed by atoms with Crippen LogP contribution in [-0.4, -0.2) is 11.1 Å². The quantitative estimate of drug-likeness (QED) is 0.877. The van der Waals surface area contributed by atoms with Gasteiger partial charge in [0, 0.05) is 10.6 Å². The number of carboxylic acids is 1. The van der Waals surface area contributed by atoms with Gasteiger partial charge in [-0.25, -0.2) is 4.79 Å². The van der Waals surface area contributed by atoms with Gasteiger partial charge in [-0.1, -0.05) is 29.8 Å². The number of aromatic carboxylic acids is 1. The van der Waals surface area contributed by atoms with Crippen molar-refractivity contribution in [3.8, 4) is 11.1 Å². The largest absolute Gasteiger partial charge is 0.478 e. The highest BCUT2D eigenvalue weighted by Gasteiger charge is 2.13. The normalized spacial score (nSPS) is 13.8. The van der Waals surface area contributed by atoms with Gasteiger partial charge in [-0.3, -0.25) is 0 Å². The highest BCUT2D eigenvalue weighted by molar-refractivity contribution is 6.33. The summed E-state index contributed by atoms with van der Waals surface area (Å²) >= 11 is 6.23. The molecule has 2 aromatic carbocycles. The minimum Gasteiger partial charge on any atom is -0.478 e. The van der Waals surface area contributed by atoms with Gasteiger partial charge >= 0.3 is 5.97 Å². The molecule has 0 saturated carbocycles. The lowest BCUT2D eigenvalue weighted by molar-refractivity contribution is 0.0697. The number of hydrogen-bond acceptors (Lipinski definition) is 1. The molecule has 0 unspecified atom stereocenters. The first kappa shape index (κ1) is 13.2. The molecule has 0 atom stereocenters. The third-order valence-corrected chi connectivity index (χ3v) is 4.20. The maximum atomic E-state index is 11.1. The molecule has 0 aromatic heterocycles. The number of carboxylic acid groups (broad SMARTS) is 1. The average Bonchev–Trinajstić information content (AvgIpc) is 2.47. The Bertz CT molecular complexity index is 677. The van der Waals surface area contributed by atoms with Crippen LogP contribution in [0.5, 0.6) is 0 Å². The summed E-state index contributed by atoms with van der Waals surface area (Å²) in [7, 11) is 0. The number of hydrogen-bond donors (Lipinski definition) is 1. The van der Waals surface area contributed by atoms with Gasteiger partial charge in [-0.2, -0.15) is 0 Å². The topological polar surface area (TPSA) is 37.3 Å². The summed E-state index contributed by atoms with van der Waals surface area (Å²) in [6.07, 6.45) is 4.71. The van der Waals surface area contributed by atoms with E-state index in [1.807, 2.05) is 6.07 Å². The highest BCUT2D eigenvalue weighted by atomic mass is 35.5. The van der Waals surface area contributed by atoms with Gasteiger partial charge in [-0.15, -0.1) is 0 Å². The van der Waals surface area contributed by atoms with Gasteiger partial charge in [0.25, 0.3) is 0 Å². The Morgan fingerprint density at radius 1 is 1.00 bits per heavy atom. The second kappa shape index (κ2) is 5.29. The molecule has 0 saturated heterocycles. The average molecular weight is 287 g/mol. The van der Waals surface area contributed by atoms with Gasteiger partial charge < -0.3 is 5.11 Å². The van der Waals surface area contributed by atoms with Crippen LogP contribution in [0.15, 0.2) is 36.4 Å². The molecule has 2 aromatic rings. The number of carbonyl (C=O) groups is 1. The second-order valence-corrected chi connectivity index (χ2v) is 5.60. The molecular weight excluding hydrogens is 272 g/mol. The van der Waals surface area contributed by atoms with Crippen molar-refractivity contribution < 1.29 is 9.90 Å². The van der Waals surface area contributed by atoms with Crippen molar-refractivity contribution in [2.45, 2.75) is 25.7 Å². The molecule has 3 heteroatoms. The van der Waals surface area contributed by atoms with Crippen LogP contribution in [0, 0.1) is 0 Å². The molecule has 0 amide bonds. The molecule has 1 N–H and O–H groups in total. The number of aryl methyl sites for hydroxylation is 2. The molecule has 0 aliphatic heterocycles. The smallest absolute Gasteiger partial charge is 0.335 e. The second-order valence-electron chi connectivity index (χ2n) is 5.19. The standard InChI is InChI=1S/C17H15ClO2/c18-16-8-7-14(17(19)20)10-15(16)13-6-5-11-3-1-2-4-12(11)9-13/h5-10H,1-4H2,(H,19,20). The Morgan fingerprint density at radius 3 is 2.50 bits per heavy atom. The summed E-state index contributed by atoms with van der Waals surface area (Å²) in [4.78, 5) is 11.1. The van der Waals surface area contributed by atoms with E-state index in [1.54, 1.807) is 12.1 Å². The molecule has 1 aliphatic rings. The number of benzene rings is 2. The molecule has 0 radical (unpaired) electrons. The van der Waals surface area contributed by atoms with Gasteiger partial charge in [0.2, 0.25) is 0 Å². The Kier molecular flexibility index (Phi) is 3.49. The lowest BCUT2D eigenvalue weighted by atomic mass is 9.89. The van der Waals surface area contributed by atoms with Gasteiger partial charge in [0.15, 0.2) is 0 Å². The van der Waals surface area contributed by atoms with Crippen LogP contribution in [0.25, 0.3) is 11.1 Å². The number of halogens is 1. The lowest BCUT2D eigenvalue weighted by Gasteiger charge is -2.17. The Hall–Kier alpha value is -1.80. The summed E-state index contributed by atoms with van der Waals surface area (Å²) in [5.41, 5.74) is 4.83. The Balaban J connectivity index is 2.08. The summed E-state index contributed by atoms with van der Waals surface area (Å²) in [6, 6.07) is 11.2. The van der Waals surface area contributed by atoms with E-state index in [9.17, 15) is 4.79 Å². The SMILES string of the molecule is O=C(O)c1ccc(Cl)c(-c2ccc3c(c2)CCCC3)c1. The van der Waals surface area contributed by atoms with Crippen molar-refractivity contribution in [3.63, 3.8) is 0 Å². The van der Waals surface area contributed by atoms with Crippen LogP contribution in [0.4, 0.5) is 0 Å². The number of fused-ring (bicyclic) bond motifs is 1. The minimum absolute atomic E-state index is 0.266. The van der Waals surface area contributed by atoms with E-state index in [0.717, 1.165) is 24.0 Å². The summed E-state index contributed by atoms with van der Waals surface area (Å²) in [5.74, 6) is -0.930. The fourth-order valence-electron chi connectivity index (χ4n) is 2.78. The van der Waals surface area contributed by atoms with Crippen molar-refractivity contribution in [2.24, 2.45) is 0 Å². The molecule has 2 nitrogen and oxygen atoms in total. The molecular formula is C17H15ClO2. The van der Waals surface area contributed by atoms with Crippen molar-refractivity contribution in [1.82, 2.24) is 0 Å². The van der Waals surface area contributed by atoms with E-state index in [1.165, 1.54) is 30.0 Å². The minimum atomic E-state index is -0.930. The molecule has 0 fully saturated rings. The molecule has 3 rings (SSSR count). The third kappa shape index (κ3) is 2.44. The molecule has 0 spiro atoms. The Labute approximate surface area is 123 Å². The highest BCUT2D eigenvalue weighted by Crippen LogP contribution is 2.32. The van der Waals surface area contributed by atoms with Gasteiger partial charge in [0.05, 0.1) is 5.56 Å². The van der Waals surface area contributed by atoms with Crippen LogP contribution in [0.2, 0.25) is 5.02 Å². The van der Waals surface area contributed by atoms with E-state index in [0.29, 0.717) is 5.02 Å². The van der Waals surface area contributed by atoms with Crippen molar-refractivity contribution in [3.05, 3.63) is 58.1 Å². The van der Waals surface area contributed by atoms with Crippen molar-refractivity contribution in [1.29, 1.82) is 0 Å². The van der Waals surface area contributed by atoms with E-state index in [4.69, 9.17) is 16.7 Å². The third-order valence-electron chi connectivity index (χ3n) is 3.87. The lowest BCUT2D eigenvalue weighted by Crippen LogP contribution is -2.02. The van der Waals surface area contributed by atoms with Crippen molar-refractivity contribution in [2.75, 3.05) is 0 Å². The van der Waals surface area contributed by atoms with Crippen molar-refractivity contribution >= 4 is 17.6 Å². The predicted molar refractivity (Wildman–Crippen MR) is 80.5 cm³/mol. The molecule has 0 heterocycles. The monoisotopic (exact) mass is 286 g/mol. The first-order valence-corrected chi connectivity index (χ1v) is 7.18. The van der Waals surface area contributed by atoms with Crippen LogP contribution >= 0.6 is 11.6 Å². The van der Waals surface area contributed by atoms with Gasteiger partial charge in [-0.05, 0) is 60.6 Å². The van der Waals surface area contributed by atoms with Crippen LogP contribution in [-0.2, 0) is 12.8 Å². The van der Waals surface area contributed by atoms with Gasteiger partial charge in [0.1, 0.15) is 0 Å². The van der Waals surface area contributed by atoms with Crippen LogP contribution in [0.3, 0.4) is 0 Å². The molecule has 0 bridgehead atoms. The molecule has 1 aliphatic carbocycles. The summed E-state index contributed by atoms with van der Waals surface area (Å²) < 4.78 is 0. The van der Waals surface area contributed by atoms with E-state index < -0.39 is 5.97 Å². The zero-order valence-corrected chi connectivity index (χ0v) is 11.8. The first-order chi connectivity index (χ1) is 9.65. The van der Waals surface area contributed by atoms with Crippen LogP contribution < -0.4 is 0 Å². The fourth-order valence-corrected chi connectivity index (χ4v) is 3.01. The number of rotatable bonds is 2. The zero-order chi connectivity index (χ0) is 14.1. The molecule has 20 heavy (non-hydrogen) atoms. The Morgan fingerprint density at radius 2 is 1.75 bits per heavy atom. The maximum Gasteiger partial charge on any atom is 0.335 e. The fraction of sp³-hybridized carbons (Fsp3) is 0.235. The van der Waals surface area contributed by atoms with E-state index in [2.05, 4.69) is 12.1 Å². The first-order valence-electron chi connectivity index (χ1n) is 6.80. The predicted octanol–water partition coefficient (Wildman–Crippen LogP) is 4.58. The maximum absolute atomic E-state index is 11.1. The summed E-state index contributed by atoms with van der Waals surface area (Å²) in [6.45, 7) is 0.